The van der Waals surface area contributed by atoms with Crippen molar-refractivity contribution in [1.29, 1.82) is 0 Å². The molecule has 1 aromatic heterocycles. The maximum atomic E-state index is 11.0. The van der Waals surface area contributed by atoms with E-state index in [1.165, 1.54) is 7.11 Å². The summed E-state index contributed by atoms with van der Waals surface area (Å²) in [6, 6.07) is 1.55. The van der Waals surface area contributed by atoms with Crippen LogP contribution in [0.25, 0.3) is 0 Å². The van der Waals surface area contributed by atoms with Crippen LogP contribution < -0.4 is 5.32 Å². The molecule has 0 spiro atoms. The van der Waals surface area contributed by atoms with Gasteiger partial charge in [-0.15, -0.1) is 0 Å². The first-order valence-corrected chi connectivity index (χ1v) is 4.06. The molecule has 4 nitrogen and oxygen atoms in total. The third-order valence-corrected chi connectivity index (χ3v) is 1.75. The number of esters is 1. The molecule has 1 N–H and O–H groups in total. The van der Waals surface area contributed by atoms with Gasteiger partial charge in [0.05, 0.1) is 19.6 Å². The van der Waals surface area contributed by atoms with E-state index >= 15 is 0 Å². The van der Waals surface area contributed by atoms with Gasteiger partial charge in [-0.1, -0.05) is 0 Å². The van der Waals surface area contributed by atoms with E-state index in [-0.39, 0.29) is 12.0 Å². The average Bonchev–Trinajstić information content (AvgIpc) is 2.65. The van der Waals surface area contributed by atoms with Crippen LogP contribution in [0.3, 0.4) is 0 Å². The van der Waals surface area contributed by atoms with Gasteiger partial charge in [0, 0.05) is 12.1 Å². The van der Waals surface area contributed by atoms with Crippen molar-refractivity contribution in [3.05, 3.63) is 24.2 Å². The number of nitrogens with one attached hydrogen (secondary N) is 1. The number of furan rings is 1. The van der Waals surface area contributed by atoms with Crippen LogP contribution in [-0.2, 0) is 16.1 Å². The Labute approximate surface area is 76.9 Å². The van der Waals surface area contributed by atoms with Crippen LogP contribution >= 0.6 is 0 Å². The summed E-state index contributed by atoms with van der Waals surface area (Å²) < 4.78 is 9.43. The zero-order valence-electron chi connectivity index (χ0n) is 7.74. The maximum Gasteiger partial charge on any atom is 0.322 e. The fourth-order valence-electron chi connectivity index (χ4n) is 0.924. The molecule has 0 aromatic carbocycles. The van der Waals surface area contributed by atoms with Gasteiger partial charge in [0.15, 0.2) is 0 Å². The number of hydrogen-bond acceptors (Lipinski definition) is 4. The highest BCUT2D eigenvalue weighted by molar-refractivity contribution is 5.75. The van der Waals surface area contributed by atoms with Crippen molar-refractivity contribution in [3.63, 3.8) is 0 Å². The predicted molar refractivity (Wildman–Crippen MR) is 47.0 cm³/mol. The van der Waals surface area contributed by atoms with E-state index in [4.69, 9.17) is 4.42 Å². The van der Waals surface area contributed by atoms with Gasteiger partial charge in [-0.2, -0.15) is 0 Å². The lowest BCUT2D eigenvalue weighted by atomic mass is 10.3. The molecule has 1 rings (SSSR count). The van der Waals surface area contributed by atoms with E-state index in [2.05, 4.69) is 10.1 Å². The van der Waals surface area contributed by atoms with Gasteiger partial charge in [0.2, 0.25) is 0 Å². The molecule has 0 fully saturated rings. The molecule has 0 unspecified atom stereocenters. The topological polar surface area (TPSA) is 51.5 Å². The number of carbonyl (C=O) groups excluding carboxylic acids is 1. The average molecular weight is 183 g/mol. The molecule has 0 aliphatic carbocycles. The Morgan fingerprint density at radius 3 is 3.08 bits per heavy atom. The lowest BCUT2D eigenvalue weighted by Gasteiger charge is -2.09. The largest absolute Gasteiger partial charge is 0.472 e. The second-order valence-corrected chi connectivity index (χ2v) is 2.76. The lowest BCUT2D eigenvalue weighted by molar-refractivity contribution is -0.142. The molecule has 13 heavy (non-hydrogen) atoms. The fourth-order valence-corrected chi connectivity index (χ4v) is 0.924. The summed E-state index contributed by atoms with van der Waals surface area (Å²) in [4.78, 5) is 11.0. The van der Waals surface area contributed by atoms with Crippen LogP contribution in [0.15, 0.2) is 23.0 Å². The highest BCUT2D eigenvalue weighted by atomic mass is 16.5. The molecule has 0 radical (unpaired) electrons. The van der Waals surface area contributed by atoms with E-state index in [1.54, 1.807) is 19.5 Å². The highest BCUT2D eigenvalue weighted by Gasteiger charge is 2.11. The van der Waals surface area contributed by atoms with Crippen molar-refractivity contribution >= 4 is 5.97 Å². The zero-order valence-corrected chi connectivity index (χ0v) is 7.74. The smallest absolute Gasteiger partial charge is 0.322 e. The zero-order chi connectivity index (χ0) is 9.68. The molecule has 0 saturated heterocycles. The minimum atomic E-state index is -0.292. The fraction of sp³-hybridized carbons (Fsp3) is 0.444. The van der Waals surface area contributed by atoms with E-state index in [0.29, 0.717) is 6.54 Å². The van der Waals surface area contributed by atoms with E-state index < -0.39 is 0 Å². The van der Waals surface area contributed by atoms with E-state index in [1.807, 2.05) is 6.07 Å². The number of hydrogen-bond donors (Lipinski definition) is 1. The number of methoxy groups -OCH3 is 1. The molecule has 4 heteroatoms. The molecule has 1 aromatic rings. The van der Waals surface area contributed by atoms with E-state index in [9.17, 15) is 4.79 Å². The molecule has 1 heterocycles. The minimum Gasteiger partial charge on any atom is -0.472 e. The van der Waals surface area contributed by atoms with Gasteiger partial charge in [0.25, 0.3) is 0 Å². The molecule has 0 saturated carbocycles. The first-order valence-electron chi connectivity index (χ1n) is 4.06. The van der Waals surface area contributed by atoms with Crippen molar-refractivity contribution < 1.29 is 13.9 Å². The third-order valence-electron chi connectivity index (χ3n) is 1.75. The van der Waals surface area contributed by atoms with Gasteiger partial charge in [-0.25, -0.2) is 0 Å². The Morgan fingerprint density at radius 1 is 1.77 bits per heavy atom. The summed E-state index contributed by atoms with van der Waals surface area (Å²) in [7, 11) is 1.37. The normalized spacial score (nSPS) is 12.5. The first-order chi connectivity index (χ1) is 6.24. The molecular weight excluding hydrogens is 170 g/mol. The summed E-state index contributed by atoms with van der Waals surface area (Å²) in [5, 5.41) is 3.00. The SMILES string of the molecule is COC(=O)[C@H](C)NCc1ccoc1. The lowest BCUT2D eigenvalue weighted by Crippen LogP contribution is -2.34. The molecule has 0 aliphatic heterocycles. The van der Waals surface area contributed by atoms with Gasteiger partial charge >= 0.3 is 5.97 Å². The quantitative estimate of drug-likeness (QED) is 0.705. The van der Waals surface area contributed by atoms with Crippen molar-refractivity contribution in [2.75, 3.05) is 7.11 Å². The second-order valence-electron chi connectivity index (χ2n) is 2.76. The summed E-state index contributed by atoms with van der Waals surface area (Å²) in [6.45, 7) is 2.36. The minimum absolute atomic E-state index is 0.261. The van der Waals surface area contributed by atoms with Crippen molar-refractivity contribution in [3.8, 4) is 0 Å². The summed E-state index contributed by atoms with van der Waals surface area (Å²) >= 11 is 0. The molecular formula is C9H13NO3. The Kier molecular flexibility index (Phi) is 3.52. The third kappa shape index (κ3) is 2.91. The Hall–Kier alpha value is -1.29. The maximum absolute atomic E-state index is 11.0. The summed E-state index contributed by atoms with van der Waals surface area (Å²) in [5.74, 6) is -0.261. The highest BCUT2D eigenvalue weighted by Crippen LogP contribution is 1.99. The van der Waals surface area contributed by atoms with Crippen molar-refractivity contribution in [2.45, 2.75) is 19.5 Å². The number of ether oxygens (including phenoxy) is 1. The molecule has 0 amide bonds. The predicted octanol–water partition coefficient (Wildman–Crippen LogP) is 0.931. The van der Waals surface area contributed by atoms with Crippen molar-refractivity contribution in [1.82, 2.24) is 5.32 Å². The number of rotatable bonds is 4. The summed E-state index contributed by atoms with van der Waals surface area (Å²) in [6.07, 6.45) is 3.23. The first kappa shape index (κ1) is 9.80. The van der Waals surface area contributed by atoms with Gasteiger partial charge in [0.1, 0.15) is 6.04 Å². The van der Waals surface area contributed by atoms with Gasteiger partial charge < -0.3 is 14.5 Å². The van der Waals surface area contributed by atoms with E-state index in [0.717, 1.165) is 5.56 Å². The molecule has 0 aliphatic rings. The van der Waals surface area contributed by atoms with Crippen LogP contribution in [0, 0.1) is 0 Å². The number of carbonyl (C=O) groups is 1. The molecule has 1 atom stereocenters. The van der Waals surface area contributed by atoms with Crippen LogP contribution in [0.1, 0.15) is 12.5 Å². The van der Waals surface area contributed by atoms with Crippen LogP contribution in [-0.4, -0.2) is 19.1 Å². The van der Waals surface area contributed by atoms with Crippen LogP contribution in [0.5, 0.6) is 0 Å². The Morgan fingerprint density at radius 2 is 2.54 bits per heavy atom. The van der Waals surface area contributed by atoms with Crippen molar-refractivity contribution in [2.24, 2.45) is 0 Å². The van der Waals surface area contributed by atoms with Crippen LogP contribution in [0.2, 0.25) is 0 Å². The standard InChI is InChI=1S/C9H13NO3/c1-7(9(11)12-2)10-5-8-3-4-13-6-8/h3-4,6-7,10H,5H2,1-2H3/t7-/m0/s1. The Bertz CT molecular complexity index is 256. The molecule has 72 valence electrons. The van der Waals surface area contributed by atoms with Crippen LogP contribution in [0.4, 0.5) is 0 Å². The Balaban J connectivity index is 2.30. The second kappa shape index (κ2) is 4.67. The van der Waals surface area contributed by atoms with Gasteiger partial charge in [-0.05, 0) is 13.0 Å². The molecule has 0 bridgehead atoms. The monoisotopic (exact) mass is 183 g/mol. The van der Waals surface area contributed by atoms with Gasteiger partial charge in [-0.3, -0.25) is 4.79 Å². The summed E-state index contributed by atoms with van der Waals surface area (Å²) in [5.41, 5.74) is 1.01.